The van der Waals surface area contributed by atoms with Gasteiger partial charge in [-0.1, -0.05) is 6.92 Å². The summed E-state index contributed by atoms with van der Waals surface area (Å²) in [6.45, 7) is 4.10. The molecule has 3 heterocycles. The Morgan fingerprint density at radius 2 is 2.24 bits per heavy atom. The van der Waals surface area contributed by atoms with Crippen molar-refractivity contribution in [2.75, 3.05) is 18.6 Å². The molecule has 3 rings (SSSR count). The number of pyridine rings is 1. The molecule has 0 fully saturated rings. The van der Waals surface area contributed by atoms with Gasteiger partial charge < -0.3 is 14.7 Å². The Kier molecular flexibility index (Phi) is 4.67. The number of ether oxygens (including phenoxy) is 1. The molecule has 1 unspecified atom stereocenters. The van der Waals surface area contributed by atoms with Crippen molar-refractivity contribution in [3.8, 4) is 6.01 Å². The number of aromatic nitrogens is 3. The number of aryl methyl sites for hydroxylation is 2. The van der Waals surface area contributed by atoms with E-state index in [1.54, 1.807) is 11.8 Å². The van der Waals surface area contributed by atoms with E-state index in [0.717, 1.165) is 22.8 Å². The number of ketones is 1. The van der Waals surface area contributed by atoms with Crippen molar-refractivity contribution in [3.05, 3.63) is 22.9 Å². The highest BCUT2D eigenvalue weighted by Crippen LogP contribution is 2.36. The summed E-state index contributed by atoms with van der Waals surface area (Å²) in [6.07, 6.45) is 0.880. The number of hydrogen-bond acceptors (Lipinski definition) is 8. The number of carboxylic acids is 1. The van der Waals surface area contributed by atoms with Gasteiger partial charge in [-0.25, -0.2) is 4.98 Å². The molecule has 132 valence electrons. The molecule has 0 aromatic carbocycles. The largest absolute Gasteiger partial charge is 0.481 e. The van der Waals surface area contributed by atoms with E-state index in [1.165, 1.54) is 7.11 Å². The molecule has 0 radical (unpaired) electrons. The molecule has 1 aliphatic heterocycles. The number of Topliss-reactive ketones (excluding diaryl/α,β-unsaturated/α-hetero) is 1. The quantitative estimate of drug-likeness (QED) is 0.826. The van der Waals surface area contributed by atoms with Crippen LogP contribution in [0, 0.1) is 12.8 Å². The van der Waals surface area contributed by atoms with Crippen LogP contribution in [0.3, 0.4) is 0 Å². The lowest BCUT2D eigenvalue weighted by Gasteiger charge is -2.21. The molecular weight excluding hydrogens is 344 g/mol. The maximum absolute atomic E-state index is 12.8. The molecule has 2 aromatic rings. The van der Waals surface area contributed by atoms with Crippen molar-refractivity contribution in [2.45, 2.75) is 26.7 Å². The second-order valence-electron chi connectivity index (χ2n) is 5.74. The first-order valence-electron chi connectivity index (χ1n) is 7.89. The topological polar surface area (TPSA) is 106 Å². The summed E-state index contributed by atoms with van der Waals surface area (Å²) >= 11 is 1.12. The maximum atomic E-state index is 12.8. The molecule has 2 aromatic heterocycles. The molecule has 0 spiro atoms. The van der Waals surface area contributed by atoms with Gasteiger partial charge in [-0.3, -0.25) is 9.59 Å². The number of nitrogens with zero attached hydrogens (tertiary/aromatic N) is 4. The van der Waals surface area contributed by atoms with Crippen molar-refractivity contribution in [2.24, 2.45) is 5.92 Å². The number of hydrogen-bond donors (Lipinski definition) is 1. The number of rotatable bonds is 4. The SMILES string of the molecule is CCc1cc(C)c2c(n1)N(c1nc(OC)ns1)CCC(C(=O)O)C2=O. The van der Waals surface area contributed by atoms with Crippen molar-refractivity contribution in [3.63, 3.8) is 0 Å². The molecule has 0 saturated carbocycles. The Bertz CT molecular complexity index is 836. The zero-order valence-electron chi connectivity index (χ0n) is 14.1. The van der Waals surface area contributed by atoms with Gasteiger partial charge in [0.25, 0.3) is 0 Å². The van der Waals surface area contributed by atoms with Crippen LogP contribution in [-0.2, 0) is 11.2 Å². The molecular formula is C16H18N4O4S. The van der Waals surface area contributed by atoms with Gasteiger partial charge >= 0.3 is 12.0 Å². The monoisotopic (exact) mass is 362 g/mol. The summed E-state index contributed by atoms with van der Waals surface area (Å²) in [6, 6.07) is 2.06. The highest BCUT2D eigenvalue weighted by Gasteiger charge is 2.37. The van der Waals surface area contributed by atoms with Crippen molar-refractivity contribution < 1.29 is 19.4 Å². The Hall–Kier alpha value is -2.55. The summed E-state index contributed by atoms with van der Waals surface area (Å²) in [7, 11) is 1.48. The van der Waals surface area contributed by atoms with E-state index in [1.807, 2.05) is 13.0 Å². The van der Waals surface area contributed by atoms with Gasteiger partial charge in [-0.05, 0) is 31.4 Å². The third-order valence-electron chi connectivity index (χ3n) is 4.18. The van der Waals surface area contributed by atoms with Crippen molar-refractivity contribution in [1.29, 1.82) is 0 Å². The standard InChI is InChI=1S/C16H18N4O4S/c1-4-9-7-8(2)11-12(21)10(14(22)23)5-6-20(13(11)17-9)16-18-15(24-3)19-25-16/h7,10H,4-6H2,1-3H3,(H,22,23). The minimum absolute atomic E-state index is 0.174. The number of carbonyl (C=O) groups excluding carboxylic acids is 1. The van der Waals surface area contributed by atoms with Gasteiger partial charge in [0.1, 0.15) is 11.7 Å². The molecule has 0 saturated heterocycles. The van der Waals surface area contributed by atoms with Crippen molar-refractivity contribution >= 4 is 34.2 Å². The molecule has 1 N–H and O–H groups in total. The normalized spacial score (nSPS) is 17.2. The number of carbonyl (C=O) groups is 2. The van der Waals surface area contributed by atoms with Gasteiger partial charge in [0.15, 0.2) is 5.78 Å². The second-order valence-corrected chi connectivity index (χ2v) is 6.47. The Labute approximate surface area is 148 Å². The second kappa shape index (κ2) is 6.75. The third-order valence-corrected chi connectivity index (χ3v) is 4.90. The number of fused-ring (bicyclic) bond motifs is 1. The fraction of sp³-hybridized carbons (Fsp3) is 0.438. The summed E-state index contributed by atoms with van der Waals surface area (Å²) in [4.78, 5) is 35.0. The highest BCUT2D eigenvalue weighted by atomic mass is 32.1. The molecule has 0 aliphatic carbocycles. The van der Waals surface area contributed by atoms with Crippen LogP contribution in [0.25, 0.3) is 0 Å². The molecule has 0 bridgehead atoms. The third kappa shape index (κ3) is 3.07. The molecule has 1 aliphatic rings. The molecule has 8 nitrogen and oxygen atoms in total. The van der Waals surface area contributed by atoms with Crippen LogP contribution < -0.4 is 9.64 Å². The first-order chi connectivity index (χ1) is 12.0. The van der Waals surface area contributed by atoms with Crippen LogP contribution in [-0.4, -0.2) is 44.9 Å². The Balaban J connectivity index is 2.19. The van der Waals surface area contributed by atoms with E-state index in [4.69, 9.17) is 4.74 Å². The lowest BCUT2D eigenvalue weighted by molar-refractivity contribution is -0.140. The van der Waals surface area contributed by atoms with Gasteiger partial charge in [-0.15, -0.1) is 4.37 Å². The minimum atomic E-state index is -1.12. The van der Waals surface area contributed by atoms with E-state index >= 15 is 0 Å². The lowest BCUT2D eigenvalue weighted by Crippen LogP contribution is -2.24. The van der Waals surface area contributed by atoms with Gasteiger partial charge in [0.05, 0.1) is 12.7 Å². The summed E-state index contributed by atoms with van der Waals surface area (Å²) in [5.41, 5.74) is 1.90. The molecule has 1 atom stereocenters. The van der Waals surface area contributed by atoms with E-state index in [9.17, 15) is 14.7 Å². The first kappa shape index (κ1) is 17.3. The zero-order chi connectivity index (χ0) is 18.1. The van der Waals surface area contributed by atoms with E-state index < -0.39 is 17.7 Å². The van der Waals surface area contributed by atoms with E-state index in [2.05, 4.69) is 14.3 Å². The predicted molar refractivity (Wildman–Crippen MR) is 91.9 cm³/mol. The van der Waals surface area contributed by atoms with Crippen molar-refractivity contribution in [1.82, 2.24) is 14.3 Å². The first-order valence-corrected chi connectivity index (χ1v) is 8.66. The maximum Gasteiger partial charge on any atom is 0.329 e. The van der Waals surface area contributed by atoms with Gasteiger partial charge in [0, 0.05) is 23.8 Å². The predicted octanol–water partition coefficient (Wildman–Crippen LogP) is 2.24. The smallest absolute Gasteiger partial charge is 0.329 e. The number of anilines is 2. The number of aliphatic carboxylic acids is 1. The van der Waals surface area contributed by atoms with Gasteiger partial charge in [-0.2, -0.15) is 4.98 Å². The highest BCUT2D eigenvalue weighted by molar-refractivity contribution is 7.09. The minimum Gasteiger partial charge on any atom is -0.481 e. The molecule has 25 heavy (non-hydrogen) atoms. The lowest BCUT2D eigenvalue weighted by atomic mass is 9.93. The van der Waals surface area contributed by atoms with Crippen LogP contribution in [0.4, 0.5) is 10.9 Å². The van der Waals surface area contributed by atoms with Crippen LogP contribution in [0.1, 0.15) is 35.0 Å². The fourth-order valence-corrected chi connectivity index (χ4v) is 3.56. The Morgan fingerprint density at radius 3 is 2.84 bits per heavy atom. The Morgan fingerprint density at radius 1 is 1.48 bits per heavy atom. The molecule has 9 heteroatoms. The van der Waals surface area contributed by atoms with Crippen LogP contribution in [0.2, 0.25) is 0 Å². The molecule has 0 amide bonds. The summed E-state index contributed by atoms with van der Waals surface area (Å²) in [5.74, 6) is -2.17. The van der Waals surface area contributed by atoms with Crippen LogP contribution >= 0.6 is 11.5 Å². The number of carboxylic acid groups (broad SMARTS) is 1. The fourth-order valence-electron chi connectivity index (χ4n) is 2.89. The zero-order valence-corrected chi connectivity index (χ0v) is 15.0. The van der Waals surface area contributed by atoms with Gasteiger partial charge in [0.2, 0.25) is 5.13 Å². The summed E-state index contributed by atoms with van der Waals surface area (Å²) in [5, 5.41) is 9.97. The van der Waals surface area contributed by atoms with E-state index in [-0.39, 0.29) is 12.4 Å². The van der Waals surface area contributed by atoms with E-state index in [0.29, 0.717) is 29.5 Å². The average Bonchev–Trinajstić information content (AvgIpc) is 3.00. The van der Waals surface area contributed by atoms with Crippen LogP contribution in [0.5, 0.6) is 6.01 Å². The average molecular weight is 362 g/mol. The summed E-state index contributed by atoms with van der Waals surface area (Å²) < 4.78 is 9.12. The number of methoxy groups -OCH3 is 1. The van der Waals surface area contributed by atoms with Crippen LogP contribution in [0.15, 0.2) is 6.07 Å².